The number of rotatable bonds is 4. The van der Waals surface area contributed by atoms with Gasteiger partial charge in [-0.3, -0.25) is 4.79 Å². The number of nitrogens with zero attached hydrogens (tertiary/aromatic N) is 1. The zero-order valence-corrected chi connectivity index (χ0v) is 13.6. The van der Waals surface area contributed by atoms with Gasteiger partial charge in [-0.1, -0.05) is 43.3 Å². The summed E-state index contributed by atoms with van der Waals surface area (Å²) in [4.78, 5) is 14.8. The summed E-state index contributed by atoms with van der Waals surface area (Å²) in [5, 5.41) is 0. The van der Waals surface area contributed by atoms with E-state index >= 15 is 0 Å². The maximum Gasteiger partial charge on any atom is 0.254 e. The molecule has 1 aliphatic rings. The van der Waals surface area contributed by atoms with Crippen molar-refractivity contribution in [3.8, 4) is 5.75 Å². The molecule has 1 fully saturated rings. The molecule has 0 radical (unpaired) electrons. The van der Waals surface area contributed by atoms with Gasteiger partial charge in [0.15, 0.2) is 0 Å². The molecule has 3 nitrogen and oxygen atoms in total. The quantitative estimate of drug-likeness (QED) is 0.849. The molecule has 1 aliphatic heterocycles. The molecule has 3 rings (SSSR count). The van der Waals surface area contributed by atoms with E-state index in [1.165, 1.54) is 0 Å². The lowest BCUT2D eigenvalue weighted by Crippen LogP contribution is -2.38. The Labute approximate surface area is 137 Å². The molecule has 1 heterocycles. The molecule has 2 aromatic rings. The Bertz CT molecular complexity index is 646. The number of ether oxygens (including phenoxy) is 1. The molecule has 0 N–H and O–H groups in total. The van der Waals surface area contributed by atoms with Crippen molar-refractivity contribution in [3.05, 3.63) is 65.7 Å². The second-order valence-electron chi connectivity index (χ2n) is 6.23. The first-order valence-electron chi connectivity index (χ1n) is 8.29. The summed E-state index contributed by atoms with van der Waals surface area (Å²) in [7, 11) is 0. The number of hydrogen-bond acceptors (Lipinski definition) is 2. The van der Waals surface area contributed by atoms with E-state index in [4.69, 9.17) is 4.74 Å². The van der Waals surface area contributed by atoms with Crippen LogP contribution >= 0.6 is 0 Å². The van der Waals surface area contributed by atoms with Crippen molar-refractivity contribution in [2.75, 3.05) is 13.1 Å². The van der Waals surface area contributed by atoms with Gasteiger partial charge in [0, 0.05) is 24.2 Å². The van der Waals surface area contributed by atoms with Crippen LogP contribution in [0.1, 0.15) is 35.7 Å². The van der Waals surface area contributed by atoms with E-state index in [-0.39, 0.29) is 5.91 Å². The summed E-state index contributed by atoms with van der Waals surface area (Å²) in [5.74, 6) is 1.67. The Kier molecular flexibility index (Phi) is 4.96. The van der Waals surface area contributed by atoms with Crippen LogP contribution in [0.3, 0.4) is 0 Å². The first kappa shape index (κ1) is 15.6. The van der Waals surface area contributed by atoms with Gasteiger partial charge in [-0.2, -0.15) is 0 Å². The first-order valence-corrected chi connectivity index (χ1v) is 8.29. The molecule has 23 heavy (non-hydrogen) atoms. The van der Waals surface area contributed by atoms with Gasteiger partial charge in [-0.05, 0) is 37.0 Å². The van der Waals surface area contributed by atoms with Crippen molar-refractivity contribution in [1.29, 1.82) is 0 Å². The van der Waals surface area contributed by atoms with Gasteiger partial charge in [0.2, 0.25) is 0 Å². The molecule has 0 aromatic heterocycles. The van der Waals surface area contributed by atoms with Crippen LogP contribution in [0.5, 0.6) is 5.75 Å². The number of para-hydroxylation sites is 1. The number of carbonyl (C=O) groups is 1. The number of benzene rings is 2. The fraction of sp³-hybridized carbons (Fsp3) is 0.350. The van der Waals surface area contributed by atoms with Crippen molar-refractivity contribution in [3.63, 3.8) is 0 Å². The molecule has 1 saturated heterocycles. The maximum atomic E-state index is 12.8. The fourth-order valence-corrected chi connectivity index (χ4v) is 2.91. The van der Waals surface area contributed by atoms with E-state index in [2.05, 4.69) is 6.92 Å². The summed E-state index contributed by atoms with van der Waals surface area (Å²) < 4.78 is 5.82. The highest BCUT2D eigenvalue weighted by atomic mass is 16.5. The molecule has 1 amide bonds. The third kappa shape index (κ3) is 3.92. The summed E-state index contributed by atoms with van der Waals surface area (Å²) in [6.45, 7) is 4.38. The molecule has 2 aromatic carbocycles. The molecule has 0 spiro atoms. The van der Waals surface area contributed by atoms with Crippen LogP contribution in [0, 0.1) is 5.92 Å². The number of piperidine rings is 1. The van der Waals surface area contributed by atoms with E-state index < -0.39 is 0 Å². The van der Waals surface area contributed by atoms with Crippen LogP contribution in [-0.4, -0.2) is 23.9 Å². The molecule has 3 heteroatoms. The van der Waals surface area contributed by atoms with Gasteiger partial charge in [0.05, 0.1) is 0 Å². The lowest BCUT2D eigenvalue weighted by molar-refractivity contribution is 0.0694. The van der Waals surface area contributed by atoms with Crippen molar-refractivity contribution in [2.24, 2.45) is 5.92 Å². The molecule has 120 valence electrons. The average molecular weight is 309 g/mol. The van der Waals surface area contributed by atoms with Crippen molar-refractivity contribution >= 4 is 5.91 Å². The smallest absolute Gasteiger partial charge is 0.254 e. The van der Waals surface area contributed by atoms with Crippen molar-refractivity contribution < 1.29 is 9.53 Å². The lowest BCUT2D eigenvalue weighted by atomic mass is 9.98. The normalized spacial score (nSPS) is 15.4. The van der Waals surface area contributed by atoms with E-state index in [1.807, 2.05) is 59.5 Å². The number of carbonyl (C=O) groups excluding carboxylic acids is 1. The van der Waals surface area contributed by atoms with E-state index in [9.17, 15) is 4.79 Å². The third-order valence-electron chi connectivity index (χ3n) is 4.46. The maximum absolute atomic E-state index is 12.8. The lowest BCUT2D eigenvalue weighted by Gasteiger charge is -2.30. The summed E-state index contributed by atoms with van der Waals surface area (Å²) in [6.07, 6.45) is 2.18. The topological polar surface area (TPSA) is 29.5 Å². The second-order valence-corrected chi connectivity index (χ2v) is 6.23. The number of likely N-dealkylation sites (tertiary alicyclic amines) is 1. The van der Waals surface area contributed by atoms with E-state index in [0.717, 1.165) is 48.7 Å². The second kappa shape index (κ2) is 7.32. The molecule has 0 saturated carbocycles. The summed E-state index contributed by atoms with van der Waals surface area (Å²) >= 11 is 0. The minimum atomic E-state index is 0.129. The molecular formula is C20H23NO2. The van der Waals surface area contributed by atoms with Gasteiger partial charge in [-0.25, -0.2) is 0 Å². The Balaban J connectivity index is 1.71. The number of hydrogen-bond donors (Lipinski definition) is 0. The number of amides is 1. The Morgan fingerprint density at radius 3 is 2.43 bits per heavy atom. The highest BCUT2D eigenvalue weighted by Crippen LogP contribution is 2.21. The monoisotopic (exact) mass is 309 g/mol. The van der Waals surface area contributed by atoms with Gasteiger partial charge in [-0.15, -0.1) is 0 Å². The molecule has 0 bridgehead atoms. The van der Waals surface area contributed by atoms with Crippen molar-refractivity contribution in [2.45, 2.75) is 26.4 Å². The van der Waals surface area contributed by atoms with Crippen LogP contribution in [-0.2, 0) is 6.61 Å². The van der Waals surface area contributed by atoms with Crippen LogP contribution in [0.15, 0.2) is 54.6 Å². The molecule has 0 unspecified atom stereocenters. The van der Waals surface area contributed by atoms with E-state index in [1.54, 1.807) is 0 Å². The Hall–Kier alpha value is -2.29. The Morgan fingerprint density at radius 1 is 1.04 bits per heavy atom. The SMILES string of the molecule is CC1CCN(C(=O)c2ccccc2COc2ccccc2)CC1. The summed E-state index contributed by atoms with van der Waals surface area (Å²) in [5.41, 5.74) is 1.71. The van der Waals surface area contributed by atoms with Gasteiger partial charge in [0.1, 0.15) is 12.4 Å². The minimum absolute atomic E-state index is 0.129. The Morgan fingerprint density at radius 2 is 1.70 bits per heavy atom. The minimum Gasteiger partial charge on any atom is -0.489 e. The van der Waals surface area contributed by atoms with E-state index in [0.29, 0.717) is 6.61 Å². The van der Waals surface area contributed by atoms with Gasteiger partial charge in [0.25, 0.3) is 5.91 Å². The largest absolute Gasteiger partial charge is 0.489 e. The van der Waals surface area contributed by atoms with Gasteiger partial charge < -0.3 is 9.64 Å². The van der Waals surface area contributed by atoms with Crippen LogP contribution in [0.4, 0.5) is 0 Å². The first-order chi connectivity index (χ1) is 11.2. The third-order valence-corrected chi connectivity index (χ3v) is 4.46. The molecule has 0 atom stereocenters. The summed E-state index contributed by atoms with van der Waals surface area (Å²) in [6, 6.07) is 17.5. The van der Waals surface area contributed by atoms with Crippen molar-refractivity contribution in [1.82, 2.24) is 4.90 Å². The van der Waals surface area contributed by atoms with Crippen LogP contribution in [0.25, 0.3) is 0 Å². The zero-order chi connectivity index (χ0) is 16.1. The predicted molar refractivity (Wildman–Crippen MR) is 91.5 cm³/mol. The highest BCUT2D eigenvalue weighted by molar-refractivity contribution is 5.95. The zero-order valence-electron chi connectivity index (χ0n) is 13.6. The fourth-order valence-electron chi connectivity index (χ4n) is 2.91. The molecule has 0 aliphatic carbocycles. The van der Waals surface area contributed by atoms with Crippen LogP contribution in [0.2, 0.25) is 0 Å². The molecular weight excluding hydrogens is 286 g/mol. The highest BCUT2D eigenvalue weighted by Gasteiger charge is 2.23. The predicted octanol–water partition coefficient (Wildman–Crippen LogP) is 4.14. The average Bonchev–Trinajstić information content (AvgIpc) is 2.61. The van der Waals surface area contributed by atoms with Crippen LogP contribution < -0.4 is 4.74 Å². The van der Waals surface area contributed by atoms with Gasteiger partial charge >= 0.3 is 0 Å². The standard InChI is InChI=1S/C20H23NO2/c1-16-11-13-21(14-12-16)20(22)19-10-6-5-7-17(19)15-23-18-8-3-2-4-9-18/h2-10,16H,11-15H2,1H3.